The molecule has 0 aliphatic heterocycles. The number of hydrogen-bond donors (Lipinski definition) is 1. The van der Waals surface area contributed by atoms with Crippen LogP contribution >= 0.6 is 0 Å². The van der Waals surface area contributed by atoms with Crippen molar-refractivity contribution in [2.45, 2.75) is 46.1 Å². The van der Waals surface area contributed by atoms with Gasteiger partial charge in [0.15, 0.2) is 5.78 Å². The Morgan fingerprint density at radius 1 is 1.38 bits per heavy atom. The smallest absolute Gasteiger partial charge is 0.407 e. The summed E-state index contributed by atoms with van der Waals surface area (Å²) in [5.74, 6) is 0.0257. The van der Waals surface area contributed by atoms with Gasteiger partial charge in [-0.1, -0.05) is 19.4 Å². The molecule has 0 rings (SSSR count). The molecule has 0 aromatic heterocycles. The lowest BCUT2D eigenvalue weighted by atomic mass is 10.1. The highest BCUT2D eigenvalue weighted by molar-refractivity contribution is 5.90. The van der Waals surface area contributed by atoms with E-state index in [1.807, 2.05) is 6.08 Å². The molecule has 0 heterocycles. The number of rotatable bonds is 7. The molecule has 0 aliphatic rings. The van der Waals surface area contributed by atoms with Crippen molar-refractivity contribution in [1.29, 1.82) is 0 Å². The average Bonchev–Trinajstić information content (AvgIpc) is 2.17. The summed E-state index contributed by atoms with van der Waals surface area (Å²) < 4.78 is 4.71. The van der Waals surface area contributed by atoms with Crippen LogP contribution in [0.25, 0.3) is 0 Å². The van der Waals surface area contributed by atoms with Gasteiger partial charge in [0.25, 0.3) is 0 Å². The number of hydrogen-bond acceptors (Lipinski definition) is 3. The third-order valence-corrected chi connectivity index (χ3v) is 1.91. The van der Waals surface area contributed by atoms with Crippen LogP contribution in [0.4, 0.5) is 4.79 Å². The van der Waals surface area contributed by atoms with Crippen molar-refractivity contribution < 1.29 is 14.3 Å². The van der Waals surface area contributed by atoms with Crippen LogP contribution in [0.15, 0.2) is 12.2 Å². The van der Waals surface area contributed by atoms with Crippen molar-refractivity contribution in [3.05, 3.63) is 12.2 Å². The third-order valence-electron chi connectivity index (χ3n) is 1.91. The predicted octanol–water partition coefficient (Wildman–Crippen LogP) is 2.44. The molecule has 0 aromatic rings. The third kappa shape index (κ3) is 8.03. The molecule has 1 N–H and O–H groups in total. The second-order valence-electron chi connectivity index (χ2n) is 3.63. The Balaban J connectivity index is 3.81. The van der Waals surface area contributed by atoms with Gasteiger partial charge in [-0.15, -0.1) is 0 Å². The van der Waals surface area contributed by atoms with E-state index in [1.54, 1.807) is 19.9 Å². The Morgan fingerprint density at radius 3 is 2.62 bits per heavy atom. The number of amides is 1. The Kier molecular flexibility index (Phi) is 8.21. The van der Waals surface area contributed by atoms with Crippen LogP contribution in [0.1, 0.15) is 40.0 Å². The molecule has 16 heavy (non-hydrogen) atoms. The molecule has 92 valence electrons. The number of carbonyl (C=O) groups is 2. The van der Waals surface area contributed by atoms with E-state index in [1.165, 1.54) is 0 Å². The van der Waals surface area contributed by atoms with Crippen molar-refractivity contribution in [3.63, 3.8) is 0 Å². The van der Waals surface area contributed by atoms with Crippen LogP contribution in [0, 0.1) is 0 Å². The highest BCUT2D eigenvalue weighted by Gasteiger charge is 2.10. The number of ketones is 1. The molecular formula is C12H21NO3. The topological polar surface area (TPSA) is 55.4 Å². The predicted molar refractivity (Wildman–Crippen MR) is 63.3 cm³/mol. The molecule has 0 spiro atoms. The second kappa shape index (κ2) is 8.95. The number of carbonyl (C=O) groups excluding carboxylic acids is 2. The number of unbranched alkanes of at least 4 members (excludes halogenated alkanes) is 1. The summed E-state index contributed by atoms with van der Waals surface area (Å²) in [6, 6.07) is -0.196. The lowest BCUT2D eigenvalue weighted by molar-refractivity contribution is -0.114. The van der Waals surface area contributed by atoms with Gasteiger partial charge < -0.3 is 10.1 Å². The number of allylic oxidation sites excluding steroid dienone is 2. The standard InChI is InChI=1S/C12H21NO3/c1-4-6-7-8-11(14)9-10(3)13-12(15)16-5-2/h7-8,10H,4-6,9H2,1-3H3,(H,13,15)/b8-7+/t10-/m1/s1. The van der Waals surface area contributed by atoms with Gasteiger partial charge in [-0.2, -0.15) is 0 Å². The monoisotopic (exact) mass is 227 g/mol. The molecule has 1 amide bonds. The first-order chi connectivity index (χ1) is 7.60. The first kappa shape index (κ1) is 14.7. The summed E-state index contributed by atoms with van der Waals surface area (Å²) in [5.41, 5.74) is 0. The molecule has 0 aromatic carbocycles. The fraction of sp³-hybridized carbons (Fsp3) is 0.667. The van der Waals surface area contributed by atoms with Crippen LogP contribution in [0.5, 0.6) is 0 Å². The van der Waals surface area contributed by atoms with E-state index in [0.29, 0.717) is 13.0 Å². The highest BCUT2D eigenvalue weighted by atomic mass is 16.5. The van der Waals surface area contributed by atoms with E-state index in [9.17, 15) is 9.59 Å². The van der Waals surface area contributed by atoms with Gasteiger partial charge >= 0.3 is 6.09 Å². The van der Waals surface area contributed by atoms with Gasteiger partial charge in [0.1, 0.15) is 0 Å². The molecule has 0 radical (unpaired) electrons. The molecule has 0 aliphatic carbocycles. The largest absolute Gasteiger partial charge is 0.450 e. The van der Waals surface area contributed by atoms with Crippen molar-refractivity contribution in [2.24, 2.45) is 0 Å². The Hall–Kier alpha value is -1.32. The molecule has 4 heteroatoms. The number of ether oxygens (including phenoxy) is 1. The van der Waals surface area contributed by atoms with Crippen LogP contribution in [-0.2, 0) is 9.53 Å². The summed E-state index contributed by atoms with van der Waals surface area (Å²) in [5, 5.41) is 2.59. The maximum absolute atomic E-state index is 11.4. The molecule has 0 saturated heterocycles. The van der Waals surface area contributed by atoms with Gasteiger partial charge in [-0.25, -0.2) is 4.79 Å². The number of alkyl carbamates (subject to hydrolysis) is 1. The summed E-state index contributed by atoms with van der Waals surface area (Å²) >= 11 is 0. The quantitative estimate of drug-likeness (QED) is 0.680. The van der Waals surface area contributed by atoms with E-state index in [4.69, 9.17) is 4.74 Å². The van der Waals surface area contributed by atoms with Crippen LogP contribution in [0.3, 0.4) is 0 Å². The van der Waals surface area contributed by atoms with Crippen LogP contribution in [0.2, 0.25) is 0 Å². The van der Waals surface area contributed by atoms with E-state index < -0.39 is 6.09 Å². The van der Waals surface area contributed by atoms with Gasteiger partial charge in [-0.05, 0) is 26.3 Å². The van der Waals surface area contributed by atoms with Gasteiger partial charge in [0.2, 0.25) is 0 Å². The average molecular weight is 227 g/mol. The minimum Gasteiger partial charge on any atom is -0.450 e. The van der Waals surface area contributed by atoms with Gasteiger partial charge in [0.05, 0.1) is 6.61 Å². The Morgan fingerprint density at radius 2 is 2.06 bits per heavy atom. The first-order valence-corrected chi connectivity index (χ1v) is 5.72. The zero-order valence-corrected chi connectivity index (χ0v) is 10.3. The molecule has 0 fully saturated rings. The van der Waals surface area contributed by atoms with Gasteiger partial charge in [-0.3, -0.25) is 4.79 Å². The lowest BCUT2D eigenvalue weighted by Gasteiger charge is -2.11. The maximum Gasteiger partial charge on any atom is 0.407 e. The molecular weight excluding hydrogens is 206 g/mol. The van der Waals surface area contributed by atoms with E-state index in [2.05, 4.69) is 12.2 Å². The van der Waals surface area contributed by atoms with E-state index in [0.717, 1.165) is 12.8 Å². The lowest BCUT2D eigenvalue weighted by Crippen LogP contribution is -2.34. The molecule has 0 saturated carbocycles. The van der Waals surface area contributed by atoms with Crippen molar-refractivity contribution in [3.8, 4) is 0 Å². The first-order valence-electron chi connectivity index (χ1n) is 5.72. The van der Waals surface area contributed by atoms with E-state index >= 15 is 0 Å². The fourth-order valence-electron chi connectivity index (χ4n) is 1.18. The van der Waals surface area contributed by atoms with Gasteiger partial charge in [0, 0.05) is 12.5 Å². The normalized spacial score (nSPS) is 12.4. The summed E-state index contributed by atoms with van der Waals surface area (Å²) in [6.07, 6.45) is 5.21. The van der Waals surface area contributed by atoms with Crippen LogP contribution < -0.4 is 5.32 Å². The molecule has 0 bridgehead atoms. The van der Waals surface area contributed by atoms with Crippen LogP contribution in [-0.4, -0.2) is 24.5 Å². The Bertz CT molecular complexity index is 249. The highest BCUT2D eigenvalue weighted by Crippen LogP contribution is 1.96. The minimum atomic E-state index is -0.472. The molecule has 4 nitrogen and oxygen atoms in total. The second-order valence-corrected chi connectivity index (χ2v) is 3.63. The summed E-state index contributed by atoms with van der Waals surface area (Å²) in [4.78, 5) is 22.4. The van der Waals surface area contributed by atoms with E-state index in [-0.39, 0.29) is 11.8 Å². The summed E-state index contributed by atoms with van der Waals surface area (Å²) in [7, 11) is 0. The Labute approximate surface area is 97.1 Å². The number of nitrogens with one attached hydrogen (secondary N) is 1. The zero-order valence-electron chi connectivity index (χ0n) is 10.3. The minimum absolute atomic E-state index is 0.0257. The van der Waals surface area contributed by atoms with Crippen molar-refractivity contribution in [1.82, 2.24) is 5.32 Å². The summed E-state index contributed by atoms with van der Waals surface area (Å²) in [6.45, 7) is 5.91. The molecule has 0 unspecified atom stereocenters. The van der Waals surface area contributed by atoms with Crippen molar-refractivity contribution >= 4 is 11.9 Å². The zero-order chi connectivity index (χ0) is 12.4. The maximum atomic E-state index is 11.4. The van der Waals surface area contributed by atoms with Crippen molar-refractivity contribution in [2.75, 3.05) is 6.61 Å². The SMILES string of the molecule is CCC/C=C/C(=O)C[C@@H](C)NC(=O)OCC. The molecule has 1 atom stereocenters. The fourth-order valence-corrected chi connectivity index (χ4v) is 1.18.